The summed E-state index contributed by atoms with van der Waals surface area (Å²) in [5.41, 5.74) is 18.2. The van der Waals surface area contributed by atoms with Crippen LogP contribution >= 0.6 is 0 Å². The van der Waals surface area contributed by atoms with Crippen molar-refractivity contribution in [2.24, 2.45) is 17.6 Å². The molecule has 0 spiro atoms. The normalized spacial score (nSPS) is 20.0. The molecule has 3 aliphatic rings. The van der Waals surface area contributed by atoms with Gasteiger partial charge in [-0.25, -0.2) is 9.97 Å². The van der Waals surface area contributed by atoms with Gasteiger partial charge in [-0.2, -0.15) is 0 Å². The molecule has 3 aliphatic heterocycles. The van der Waals surface area contributed by atoms with Gasteiger partial charge in [-0.05, 0) is 100 Å². The Labute approximate surface area is 306 Å². The first-order valence-corrected chi connectivity index (χ1v) is 18.9. The Morgan fingerprint density at radius 1 is 1.08 bits per heavy atom. The molecule has 12 nitrogen and oxygen atoms in total. The predicted molar refractivity (Wildman–Crippen MR) is 205 cm³/mol. The van der Waals surface area contributed by atoms with Crippen LogP contribution < -0.4 is 21.3 Å². The number of anilines is 3. The van der Waals surface area contributed by atoms with Crippen molar-refractivity contribution in [3.8, 4) is 5.75 Å². The second-order valence-electron chi connectivity index (χ2n) is 15.2. The Morgan fingerprint density at radius 3 is 2.50 bits per heavy atom. The van der Waals surface area contributed by atoms with Crippen LogP contribution in [0.3, 0.4) is 0 Å². The largest absolute Gasteiger partial charge is 0.507 e. The molecule has 276 valence electrons. The molecule has 2 atom stereocenters. The summed E-state index contributed by atoms with van der Waals surface area (Å²) in [6, 6.07) is 9.00. The van der Waals surface area contributed by atoms with Crippen molar-refractivity contribution < 1.29 is 14.4 Å². The minimum absolute atomic E-state index is 0.0110. The standard InChI is InChI=1S/C40H53N9O3/c1-25(2)32(24-50)36-21-37(46-52-36)48-17-9-27(10-18-48)8-14-47-15-11-28(12-16-47)29-22-43-40(44-23-29)49-19-13-34-38(26(49)3)31(39(42)45-34)20-33(41)30-6-4-5-7-35(30)51/h4-7,20-28,32,45,51H,8-19,41-42H2,1-3H3/b33-20-. The molecule has 2 unspecified atom stereocenters. The summed E-state index contributed by atoms with van der Waals surface area (Å²) in [5, 5.41) is 14.6. The van der Waals surface area contributed by atoms with Gasteiger partial charge in [0.15, 0.2) is 5.82 Å². The number of H-pyrrole nitrogens is 1. The zero-order valence-corrected chi connectivity index (χ0v) is 30.7. The number of aromatic hydroxyl groups is 1. The fraction of sp³-hybridized carbons (Fsp3) is 0.500. The van der Waals surface area contributed by atoms with Gasteiger partial charge < -0.3 is 45.6 Å². The summed E-state index contributed by atoms with van der Waals surface area (Å²) in [5.74, 6) is 4.10. The maximum atomic E-state index is 11.5. The molecule has 0 radical (unpaired) electrons. The molecule has 0 saturated carbocycles. The first-order chi connectivity index (χ1) is 25.2. The second-order valence-corrected chi connectivity index (χ2v) is 15.2. The zero-order valence-electron chi connectivity index (χ0n) is 30.7. The van der Waals surface area contributed by atoms with Crippen molar-refractivity contribution in [2.45, 2.75) is 77.2 Å². The van der Waals surface area contributed by atoms with E-state index in [2.05, 4.69) is 31.8 Å². The van der Waals surface area contributed by atoms with Crippen LogP contribution in [0.5, 0.6) is 5.75 Å². The van der Waals surface area contributed by atoms with E-state index in [0.717, 1.165) is 112 Å². The molecule has 0 amide bonds. The van der Waals surface area contributed by atoms with Gasteiger partial charge in [0.25, 0.3) is 0 Å². The van der Waals surface area contributed by atoms with E-state index in [1.807, 2.05) is 44.4 Å². The highest BCUT2D eigenvalue weighted by Gasteiger charge is 2.32. The van der Waals surface area contributed by atoms with Gasteiger partial charge in [0.1, 0.15) is 23.6 Å². The summed E-state index contributed by atoms with van der Waals surface area (Å²) in [4.78, 5) is 31.8. The smallest absolute Gasteiger partial charge is 0.225 e. The van der Waals surface area contributed by atoms with Gasteiger partial charge in [-0.3, -0.25) is 0 Å². The number of phenolic OH excluding ortho intramolecular Hbond substituents is 1. The third-order valence-corrected chi connectivity index (χ3v) is 11.7. The van der Waals surface area contributed by atoms with Crippen LogP contribution in [0.25, 0.3) is 11.8 Å². The number of carbonyl (C=O) groups is 1. The number of hydrogen-bond acceptors (Lipinski definition) is 11. The number of nitrogen functional groups attached to an aromatic ring is 1. The molecule has 7 rings (SSSR count). The van der Waals surface area contributed by atoms with E-state index in [9.17, 15) is 9.90 Å². The van der Waals surface area contributed by atoms with Gasteiger partial charge in [-0.1, -0.05) is 31.1 Å². The average molecular weight is 708 g/mol. The van der Waals surface area contributed by atoms with E-state index in [1.165, 1.54) is 12.0 Å². The quantitative estimate of drug-likeness (QED) is 0.133. The molecule has 52 heavy (non-hydrogen) atoms. The number of nitrogens with one attached hydrogen (secondary N) is 1. The third kappa shape index (κ3) is 7.39. The third-order valence-electron chi connectivity index (χ3n) is 11.7. The van der Waals surface area contributed by atoms with E-state index < -0.39 is 0 Å². The van der Waals surface area contributed by atoms with Gasteiger partial charge in [0, 0.05) is 72.6 Å². The Balaban J connectivity index is 0.893. The van der Waals surface area contributed by atoms with E-state index >= 15 is 0 Å². The Bertz CT molecular complexity index is 1850. The summed E-state index contributed by atoms with van der Waals surface area (Å²) in [6.07, 6.45) is 13.4. The molecule has 6 heterocycles. The number of benzene rings is 1. The highest BCUT2D eigenvalue weighted by atomic mass is 16.5. The van der Waals surface area contributed by atoms with E-state index in [-0.39, 0.29) is 23.6 Å². The van der Waals surface area contributed by atoms with Crippen molar-refractivity contribution in [3.63, 3.8) is 0 Å². The Hall–Kier alpha value is -4.84. The highest BCUT2D eigenvalue weighted by molar-refractivity contribution is 5.86. The number of hydrogen-bond donors (Lipinski definition) is 4. The zero-order chi connectivity index (χ0) is 36.4. The molecule has 12 heteroatoms. The Morgan fingerprint density at radius 2 is 1.81 bits per heavy atom. The van der Waals surface area contributed by atoms with Crippen LogP contribution in [-0.4, -0.2) is 75.7 Å². The van der Waals surface area contributed by atoms with Crippen LogP contribution in [0, 0.1) is 11.8 Å². The summed E-state index contributed by atoms with van der Waals surface area (Å²) in [7, 11) is 0. The Kier molecular flexibility index (Phi) is 10.5. The molecule has 0 aliphatic carbocycles. The lowest BCUT2D eigenvalue weighted by Crippen LogP contribution is -2.37. The van der Waals surface area contributed by atoms with Crippen molar-refractivity contribution in [2.75, 3.05) is 54.8 Å². The average Bonchev–Trinajstić information content (AvgIpc) is 3.76. The van der Waals surface area contributed by atoms with E-state index in [1.54, 1.807) is 18.2 Å². The van der Waals surface area contributed by atoms with Crippen LogP contribution in [0.15, 0.2) is 47.2 Å². The van der Waals surface area contributed by atoms with E-state index in [0.29, 0.717) is 28.8 Å². The van der Waals surface area contributed by atoms with Crippen LogP contribution in [0.4, 0.5) is 17.6 Å². The maximum Gasteiger partial charge on any atom is 0.225 e. The molecule has 3 aromatic heterocycles. The van der Waals surface area contributed by atoms with Crippen LogP contribution in [-0.2, 0) is 11.2 Å². The van der Waals surface area contributed by atoms with Crippen molar-refractivity contribution in [3.05, 3.63) is 76.4 Å². The molecular weight excluding hydrogens is 654 g/mol. The number of aldehydes is 1. The minimum Gasteiger partial charge on any atom is -0.507 e. The molecule has 2 fully saturated rings. The SMILES string of the molecule is CC(C)C(C=O)c1cc(N2CCC(CCN3CCC(c4cnc(N5CCc6[nH]c(N)c(/C=C(\N)c7ccccc7O)c6C5C)nc4)CC3)CC2)no1. The topological polar surface area (TPSA) is 167 Å². The lowest BCUT2D eigenvalue weighted by atomic mass is 9.90. The predicted octanol–water partition coefficient (Wildman–Crippen LogP) is 6.09. The van der Waals surface area contributed by atoms with Crippen molar-refractivity contribution in [1.82, 2.24) is 25.0 Å². The molecule has 2 saturated heterocycles. The molecule has 4 aromatic rings. The number of rotatable bonds is 11. The first kappa shape index (κ1) is 35.6. The van der Waals surface area contributed by atoms with Crippen molar-refractivity contribution in [1.29, 1.82) is 0 Å². The number of phenols is 1. The van der Waals surface area contributed by atoms with Gasteiger partial charge in [-0.15, -0.1) is 0 Å². The number of aromatic nitrogens is 4. The van der Waals surface area contributed by atoms with Gasteiger partial charge >= 0.3 is 0 Å². The lowest BCUT2D eigenvalue weighted by molar-refractivity contribution is -0.110. The number of likely N-dealkylation sites (tertiary alicyclic amines) is 1. The lowest BCUT2D eigenvalue weighted by Gasteiger charge is -2.36. The number of para-hydroxylation sites is 1. The fourth-order valence-corrected chi connectivity index (χ4v) is 8.38. The first-order valence-electron chi connectivity index (χ1n) is 18.9. The van der Waals surface area contributed by atoms with Crippen molar-refractivity contribution >= 4 is 35.6 Å². The van der Waals surface area contributed by atoms with E-state index in [4.69, 9.17) is 26.0 Å². The minimum atomic E-state index is -0.241. The summed E-state index contributed by atoms with van der Waals surface area (Å²) >= 11 is 0. The molecule has 1 aromatic carbocycles. The number of piperidine rings is 2. The number of nitrogens with zero attached hydrogens (tertiary/aromatic N) is 6. The summed E-state index contributed by atoms with van der Waals surface area (Å²) < 4.78 is 5.55. The fourth-order valence-electron chi connectivity index (χ4n) is 8.38. The monoisotopic (exact) mass is 707 g/mol. The number of aromatic amines is 1. The van der Waals surface area contributed by atoms with Crippen LogP contribution in [0.1, 0.15) is 104 Å². The van der Waals surface area contributed by atoms with Gasteiger partial charge in [0.05, 0.1) is 12.0 Å². The molecule has 0 bridgehead atoms. The van der Waals surface area contributed by atoms with Gasteiger partial charge in [0.2, 0.25) is 5.95 Å². The van der Waals surface area contributed by atoms with Crippen LogP contribution in [0.2, 0.25) is 0 Å². The highest BCUT2D eigenvalue weighted by Crippen LogP contribution is 2.39. The number of carbonyl (C=O) groups excluding carboxylic acids is 1. The number of nitrogens with two attached hydrogens (primary N) is 2. The summed E-state index contributed by atoms with van der Waals surface area (Å²) in [6.45, 7) is 12.3. The second kappa shape index (κ2) is 15.4. The molecule has 6 N–H and O–H groups in total. The number of fused-ring (bicyclic) bond motifs is 1. The maximum absolute atomic E-state index is 11.5. The molecular formula is C40H53N9O3.